The van der Waals surface area contributed by atoms with Crippen molar-refractivity contribution in [2.24, 2.45) is 11.8 Å². The quantitative estimate of drug-likeness (QED) is 0.0715. The van der Waals surface area contributed by atoms with Gasteiger partial charge in [-0.25, -0.2) is 14.6 Å². The van der Waals surface area contributed by atoms with Gasteiger partial charge in [0.15, 0.2) is 5.69 Å². The molecule has 3 amide bonds. The second kappa shape index (κ2) is 17.1. The van der Waals surface area contributed by atoms with E-state index in [4.69, 9.17) is 24.4 Å². The van der Waals surface area contributed by atoms with Crippen LogP contribution in [0.4, 0.5) is 10.5 Å². The lowest BCUT2D eigenvalue weighted by Crippen LogP contribution is -2.31. The van der Waals surface area contributed by atoms with E-state index in [1.54, 1.807) is 39.0 Å². The maximum atomic E-state index is 13.9. The molecule has 268 valence electrons. The number of carbonyl (C=O) groups excluding carboxylic acids is 5. The monoisotopic (exact) mass is 699 g/mol. The van der Waals surface area contributed by atoms with Crippen LogP contribution in [-0.2, 0) is 19.0 Å². The molecule has 1 heterocycles. The Morgan fingerprint density at radius 1 is 0.980 bits per heavy atom. The molecule has 14 heteroatoms. The molecule has 0 radical (unpaired) electrons. The summed E-state index contributed by atoms with van der Waals surface area (Å²) < 4.78 is 21.0. The minimum atomic E-state index is -1.29. The Morgan fingerprint density at radius 3 is 2.29 bits per heavy atom. The summed E-state index contributed by atoms with van der Waals surface area (Å²) in [6, 6.07) is 12.2. The van der Waals surface area contributed by atoms with E-state index in [0.717, 1.165) is 12.8 Å². The highest BCUT2D eigenvalue weighted by Crippen LogP contribution is 2.35. The second-order valence-corrected chi connectivity index (χ2v) is 11.9. The lowest BCUT2D eigenvalue weighted by atomic mass is 9.94. The number of hydrogen-bond acceptors (Lipinski definition) is 11. The van der Waals surface area contributed by atoms with Crippen molar-refractivity contribution in [1.29, 1.82) is 5.41 Å². The first-order chi connectivity index (χ1) is 24.3. The van der Waals surface area contributed by atoms with E-state index in [-0.39, 0.29) is 40.5 Å². The molecule has 3 aromatic rings. The Balaban J connectivity index is 1.73. The summed E-state index contributed by atoms with van der Waals surface area (Å²) in [6.45, 7) is 10.7. The highest BCUT2D eigenvalue weighted by atomic mass is 16.7. The Morgan fingerprint density at radius 2 is 1.69 bits per heavy atom. The topological polar surface area (TPSA) is 195 Å². The van der Waals surface area contributed by atoms with Crippen molar-refractivity contribution >= 4 is 47.4 Å². The average Bonchev–Trinajstić information content (AvgIpc) is 3.94. The van der Waals surface area contributed by atoms with Gasteiger partial charge < -0.3 is 29.6 Å². The van der Waals surface area contributed by atoms with Crippen LogP contribution in [-0.4, -0.2) is 67.2 Å². The molecule has 51 heavy (non-hydrogen) atoms. The number of amidine groups is 1. The van der Waals surface area contributed by atoms with Gasteiger partial charge in [-0.3, -0.25) is 25.1 Å². The number of carbonyl (C=O) groups is 5. The van der Waals surface area contributed by atoms with Gasteiger partial charge in [-0.2, -0.15) is 0 Å². The molecule has 1 unspecified atom stereocenters. The maximum absolute atomic E-state index is 13.9. The van der Waals surface area contributed by atoms with E-state index >= 15 is 0 Å². The molecule has 14 nitrogen and oxygen atoms in total. The summed E-state index contributed by atoms with van der Waals surface area (Å²) >= 11 is 0. The smallest absolute Gasteiger partial charge is 0.412 e. The van der Waals surface area contributed by atoms with Gasteiger partial charge in [-0.05, 0) is 74.2 Å². The number of rotatable bonds is 14. The molecule has 1 fully saturated rings. The number of esters is 2. The van der Waals surface area contributed by atoms with Crippen molar-refractivity contribution in [2.45, 2.75) is 46.8 Å². The van der Waals surface area contributed by atoms with Crippen molar-refractivity contribution < 1.29 is 42.9 Å². The average molecular weight is 700 g/mol. The molecular formula is C37H41N5O9. The molecule has 0 saturated heterocycles. The van der Waals surface area contributed by atoms with Crippen molar-refractivity contribution in [3.63, 3.8) is 0 Å². The minimum Gasteiger partial charge on any atom is -0.496 e. The molecular weight excluding hydrogens is 658 g/mol. The molecule has 0 spiro atoms. The van der Waals surface area contributed by atoms with E-state index in [0.29, 0.717) is 35.0 Å². The number of nitrogens with one attached hydrogen (secondary N) is 4. The molecule has 0 bridgehead atoms. The van der Waals surface area contributed by atoms with E-state index in [1.165, 1.54) is 50.4 Å². The predicted octanol–water partition coefficient (Wildman–Crippen LogP) is 5.57. The highest BCUT2D eigenvalue weighted by Gasteiger charge is 2.28. The van der Waals surface area contributed by atoms with Gasteiger partial charge in [-0.1, -0.05) is 26.5 Å². The summed E-state index contributed by atoms with van der Waals surface area (Å²) in [5, 5.41) is 16.1. The minimum absolute atomic E-state index is 0.0537. The van der Waals surface area contributed by atoms with Gasteiger partial charge in [0.25, 0.3) is 11.8 Å². The SMILES string of the molecule is C=Cc1cc(C(=O)Nc2ccc(C(=N)NC(=O)OCC)cc2)c(-c2ccc(C(=O)NCC3CC3)nc2C(=O)OC(C)OC(=O)C(C)C)cc1OC. The van der Waals surface area contributed by atoms with Gasteiger partial charge >= 0.3 is 18.0 Å². The lowest BCUT2D eigenvalue weighted by molar-refractivity contribution is -0.169. The van der Waals surface area contributed by atoms with Crippen LogP contribution in [0.1, 0.15) is 83.0 Å². The first-order valence-electron chi connectivity index (χ1n) is 16.3. The molecule has 1 aliphatic rings. The first kappa shape index (κ1) is 37.8. The first-order valence-corrected chi connectivity index (χ1v) is 16.3. The highest BCUT2D eigenvalue weighted by molar-refractivity contribution is 6.11. The number of anilines is 1. The van der Waals surface area contributed by atoms with Crippen LogP contribution in [0.5, 0.6) is 5.75 Å². The Kier molecular flexibility index (Phi) is 12.6. The van der Waals surface area contributed by atoms with Crippen molar-refractivity contribution in [3.8, 4) is 16.9 Å². The number of benzene rings is 2. The molecule has 1 saturated carbocycles. The number of hydrogen-bond donors (Lipinski definition) is 4. The predicted molar refractivity (Wildman–Crippen MR) is 189 cm³/mol. The Hall–Kier alpha value is -6.05. The molecule has 0 aliphatic heterocycles. The molecule has 1 aromatic heterocycles. The van der Waals surface area contributed by atoms with Crippen LogP contribution in [0, 0.1) is 17.2 Å². The van der Waals surface area contributed by atoms with Gasteiger partial charge in [0.05, 0.1) is 19.6 Å². The number of amides is 3. The summed E-state index contributed by atoms with van der Waals surface area (Å²) in [6.07, 6.45) is 1.49. The van der Waals surface area contributed by atoms with Gasteiger partial charge in [0.2, 0.25) is 6.29 Å². The zero-order valence-electron chi connectivity index (χ0n) is 29.1. The normalized spacial score (nSPS) is 12.6. The van der Waals surface area contributed by atoms with E-state index in [1.807, 2.05) is 0 Å². The van der Waals surface area contributed by atoms with Crippen LogP contribution in [0.3, 0.4) is 0 Å². The fraction of sp³-hybridized carbons (Fsp3) is 0.324. The van der Waals surface area contributed by atoms with Crippen LogP contribution in [0.25, 0.3) is 17.2 Å². The summed E-state index contributed by atoms with van der Waals surface area (Å²) in [5.41, 5.74) is 1.27. The molecule has 2 aromatic carbocycles. The van der Waals surface area contributed by atoms with Crippen LogP contribution >= 0.6 is 0 Å². The largest absolute Gasteiger partial charge is 0.496 e. The fourth-order valence-corrected chi connectivity index (χ4v) is 4.74. The van der Waals surface area contributed by atoms with Crippen LogP contribution in [0.15, 0.2) is 55.1 Å². The summed E-state index contributed by atoms with van der Waals surface area (Å²) in [5.74, 6) is -2.60. The number of ether oxygens (including phenoxy) is 4. The second-order valence-electron chi connectivity index (χ2n) is 11.9. The molecule has 1 atom stereocenters. The Bertz CT molecular complexity index is 1830. The van der Waals surface area contributed by atoms with Crippen molar-refractivity contribution in [2.75, 3.05) is 25.6 Å². The molecule has 1 aliphatic carbocycles. The van der Waals surface area contributed by atoms with Gasteiger partial charge in [-0.15, -0.1) is 0 Å². The standard InChI is InChI=1S/C37H41N5O9/c1-7-23-17-28(33(43)40-25-13-11-24(12-14-25)32(38)42-37(47)49-8-2)27(18-30(23)48-6)26-15-16-29(34(44)39-19-22-9-10-22)41-31(26)36(46)51-21(5)50-35(45)20(3)4/h7,11-18,20-22H,1,8-10,19H2,2-6H3,(H,39,44)(H,40,43)(H2,38,42,47). The third-order valence-corrected chi connectivity index (χ3v) is 7.65. The number of aromatic nitrogens is 1. The van der Waals surface area contributed by atoms with Crippen LogP contribution in [0.2, 0.25) is 0 Å². The van der Waals surface area contributed by atoms with E-state index in [9.17, 15) is 24.0 Å². The third-order valence-electron chi connectivity index (χ3n) is 7.65. The zero-order chi connectivity index (χ0) is 37.2. The Labute approximate surface area is 295 Å². The van der Waals surface area contributed by atoms with E-state index in [2.05, 4.69) is 27.5 Å². The molecule has 4 N–H and O–H groups in total. The number of pyridine rings is 1. The fourth-order valence-electron chi connectivity index (χ4n) is 4.74. The summed E-state index contributed by atoms with van der Waals surface area (Å²) in [4.78, 5) is 68.9. The maximum Gasteiger partial charge on any atom is 0.412 e. The molecule has 4 rings (SSSR count). The number of alkyl carbamates (subject to hydrolysis) is 1. The van der Waals surface area contributed by atoms with E-state index < -0.39 is 42.1 Å². The summed E-state index contributed by atoms with van der Waals surface area (Å²) in [7, 11) is 1.44. The number of methoxy groups -OCH3 is 1. The zero-order valence-corrected chi connectivity index (χ0v) is 29.1. The number of nitrogens with zero attached hydrogens (tertiary/aromatic N) is 1. The van der Waals surface area contributed by atoms with Gasteiger partial charge in [0.1, 0.15) is 17.3 Å². The van der Waals surface area contributed by atoms with Gasteiger partial charge in [0, 0.05) is 47.0 Å². The van der Waals surface area contributed by atoms with Crippen molar-refractivity contribution in [1.82, 2.24) is 15.6 Å². The van der Waals surface area contributed by atoms with Crippen molar-refractivity contribution in [3.05, 3.63) is 83.2 Å². The lowest BCUT2D eigenvalue weighted by Gasteiger charge is -2.19. The van der Waals surface area contributed by atoms with Crippen LogP contribution < -0.4 is 20.7 Å². The third kappa shape index (κ3) is 10.00.